The molecule has 82 valence electrons. The first-order valence-electron chi connectivity index (χ1n) is 3.79. The lowest BCUT2D eigenvalue weighted by Crippen LogP contribution is -2.09. The Morgan fingerprint density at radius 1 is 1.67 bits per heavy atom. The standard InChI is InChI=1S/C7H6F2IN3O2/c8-6(9)4-2-12-7(10)5(13(14)15)3(4)1-11/h2,6H,1,11H2. The molecule has 0 bridgehead atoms. The lowest BCUT2D eigenvalue weighted by atomic mass is 10.1. The fourth-order valence-electron chi connectivity index (χ4n) is 1.11. The maximum atomic E-state index is 12.5. The van der Waals surface area contributed by atoms with Crippen LogP contribution in [0.25, 0.3) is 0 Å². The molecule has 0 spiro atoms. The van der Waals surface area contributed by atoms with Crippen LogP contribution in [0.15, 0.2) is 6.20 Å². The molecular weight excluding hydrogens is 323 g/mol. The summed E-state index contributed by atoms with van der Waals surface area (Å²) in [5.74, 6) is 0. The quantitative estimate of drug-likeness (QED) is 0.398. The summed E-state index contributed by atoms with van der Waals surface area (Å²) in [5, 5.41) is 10.6. The van der Waals surface area contributed by atoms with E-state index < -0.39 is 22.6 Å². The van der Waals surface area contributed by atoms with Crippen molar-refractivity contribution in [2.75, 3.05) is 0 Å². The molecule has 0 aromatic carbocycles. The Balaban J connectivity index is 3.47. The third-order valence-electron chi connectivity index (χ3n) is 1.77. The van der Waals surface area contributed by atoms with Crippen molar-refractivity contribution in [2.45, 2.75) is 13.0 Å². The first kappa shape index (κ1) is 12.2. The molecule has 0 amide bonds. The van der Waals surface area contributed by atoms with Crippen LogP contribution in [-0.4, -0.2) is 9.91 Å². The average molecular weight is 329 g/mol. The topological polar surface area (TPSA) is 82.0 Å². The largest absolute Gasteiger partial charge is 0.326 e. The van der Waals surface area contributed by atoms with E-state index in [4.69, 9.17) is 5.73 Å². The third-order valence-corrected chi connectivity index (χ3v) is 2.56. The summed E-state index contributed by atoms with van der Waals surface area (Å²) in [6.45, 7) is -0.311. The number of nitrogens with two attached hydrogens (primary N) is 1. The van der Waals surface area contributed by atoms with Crippen molar-refractivity contribution in [3.8, 4) is 0 Å². The first-order chi connectivity index (χ1) is 6.99. The number of rotatable bonds is 3. The number of nitro groups is 1. The van der Waals surface area contributed by atoms with Crippen molar-refractivity contribution in [3.63, 3.8) is 0 Å². The van der Waals surface area contributed by atoms with Gasteiger partial charge in [0.2, 0.25) is 0 Å². The van der Waals surface area contributed by atoms with E-state index in [-0.39, 0.29) is 15.8 Å². The molecular formula is C7H6F2IN3O2. The molecule has 0 aliphatic carbocycles. The summed E-state index contributed by atoms with van der Waals surface area (Å²) in [6, 6.07) is 0. The van der Waals surface area contributed by atoms with Crippen molar-refractivity contribution in [2.24, 2.45) is 5.73 Å². The van der Waals surface area contributed by atoms with Crippen LogP contribution in [0.3, 0.4) is 0 Å². The van der Waals surface area contributed by atoms with E-state index in [1.54, 1.807) is 22.6 Å². The fourth-order valence-corrected chi connectivity index (χ4v) is 1.78. The van der Waals surface area contributed by atoms with Gasteiger partial charge in [-0.2, -0.15) is 0 Å². The molecule has 0 aliphatic rings. The zero-order chi connectivity index (χ0) is 11.6. The van der Waals surface area contributed by atoms with Crippen molar-refractivity contribution in [1.29, 1.82) is 0 Å². The van der Waals surface area contributed by atoms with E-state index in [1.807, 2.05) is 0 Å². The zero-order valence-electron chi connectivity index (χ0n) is 7.28. The van der Waals surface area contributed by atoms with E-state index in [0.717, 1.165) is 6.20 Å². The van der Waals surface area contributed by atoms with Gasteiger partial charge in [0.1, 0.15) is 0 Å². The first-order valence-corrected chi connectivity index (χ1v) is 4.86. The second-order valence-corrected chi connectivity index (χ2v) is 3.62. The van der Waals surface area contributed by atoms with Crippen LogP contribution in [0.2, 0.25) is 0 Å². The van der Waals surface area contributed by atoms with E-state index in [2.05, 4.69) is 4.98 Å². The Kier molecular flexibility index (Phi) is 3.85. The van der Waals surface area contributed by atoms with E-state index in [0.29, 0.717) is 0 Å². The summed E-state index contributed by atoms with van der Waals surface area (Å²) < 4.78 is 25.0. The van der Waals surface area contributed by atoms with E-state index in [1.165, 1.54) is 0 Å². The number of aromatic nitrogens is 1. The highest BCUT2D eigenvalue weighted by Crippen LogP contribution is 2.31. The van der Waals surface area contributed by atoms with Crippen LogP contribution < -0.4 is 5.73 Å². The van der Waals surface area contributed by atoms with Gasteiger partial charge >= 0.3 is 5.69 Å². The van der Waals surface area contributed by atoms with E-state index in [9.17, 15) is 18.9 Å². The molecule has 0 radical (unpaired) electrons. The van der Waals surface area contributed by atoms with Gasteiger partial charge in [-0.05, 0) is 22.6 Å². The molecule has 0 fully saturated rings. The van der Waals surface area contributed by atoms with Crippen LogP contribution in [-0.2, 0) is 6.54 Å². The number of alkyl halides is 2. The second-order valence-electron chi connectivity index (χ2n) is 2.59. The maximum Gasteiger partial charge on any atom is 0.305 e. The Morgan fingerprint density at radius 3 is 2.67 bits per heavy atom. The molecule has 1 aromatic heterocycles. The van der Waals surface area contributed by atoms with Crippen molar-refractivity contribution in [1.82, 2.24) is 4.98 Å². The van der Waals surface area contributed by atoms with Gasteiger partial charge < -0.3 is 5.73 Å². The van der Waals surface area contributed by atoms with Gasteiger partial charge in [-0.25, -0.2) is 13.8 Å². The van der Waals surface area contributed by atoms with Gasteiger partial charge in [0.05, 0.1) is 10.5 Å². The predicted molar refractivity (Wildman–Crippen MR) is 56.5 cm³/mol. The van der Waals surface area contributed by atoms with Gasteiger partial charge in [0, 0.05) is 18.3 Å². The van der Waals surface area contributed by atoms with Crippen LogP contribution >= 0.6 is 22.6 Å². The molecule has 2 N–H and O–H groups in total. The Hall–Kier alpha value is -0.900. The highest BCUT2D eigenvalue weighted by molar-refractivity contribution is 14.1. The minimum absolute atomic E-state index is 0.0578. The SMILES string of the molecule is NCc1c(C(F)F)cnc(I)c1[N+](=O)[O-]. The lowest BCUT2D eigenvalue weighted by molar-refractivity contribution is -0.387. The summed E-state index contributed by atoms with van der Waals surface area (Å²) in [5.41, 5.74) is 4.15. The van der Waals surface area contributed by atoms with Gasteiger partial charge in [-0.1, -0.05) is 0 Å². The van der Waals surface area contributed by atoms with Gasteiger partial charge in [-0.3, -0.25) is 10.1 Å². The Labute approximate surface area is 97.0 Å². The maximum absolute atomic E-state index is 12.5. The van der Waals surface area contributed by atoms with Gasteiger partial charge in [0.25, 0.3) is 6.43 Å². The third kappa shape index (κ3) is 2.37. The molecule has 0 saturated heterocycles. The van der Waals surface area contributed by atoms with Gasteiger partial charge in [0.15, 0.2) is 3.70 Å². The van der Waals surface area contributed by atoms with Gasteiger partial charge in [-0.15, -0.1) is 0 Å². The van der Waals surface area contributed by atoms with Crippen LogP contribution in [0.1, 0.15) is 17.6 Å². The smallest absolute Gasteiger partial charge is 0.305 e. The molecule has 8 heteroatoms. The summed E-state index contributed by atoms with van der Waals surface area (Å²) in [7, 11) is 0. The van der Waals surface area contributed by atoms with Crippen LogP contribution in [0, 0.1) is 13.8 Å². The van der Waals surface area contributed by atoms with Crippen LogP contribution in [0.5, 0.6) is 0 Å². The molecule has 0 unspecified atom stereocenters. The number of pyridine rings is 1. The number of hydrogen-bond donors (Lipinski definition) is 1. The van der Waals surface area contributed by atoms with Crippen molar-refractivity contribution in [3.05, 3.63) is 31.1 Å². The molecule has 1 aromatic rings. The number of halogens is 3. The summed E-state index contributed by atoms with van der Waals surface area (Å²) >= 11 is 1.61. The molecule has 0 aliphatic heterocycles. The normalized spacial score (nSPS) is 10.7. The summed E-state index contributed by atoms with van der Waals surface area (Å²) in [6.07, 6.45) is -1.89. The second kappa shape index (κ2) is 4.75. The highest BCUT2D eigenvalue weighted by Gasteiger charge is 2.25. The Bertz CT molecular complexity index is 400. The molecule has 5 nitrogen and oxygen atoms in total. The number of nitrogens with zero attached hydrogens (tertiary/aromatic N) is 2. The van der Waals surface area contributed by atoms with Crippen molar-refractivity contribution >= 4 is 28.3 Å². The molecule has 1 heterocycles. The molecule has 0 saturated carbocycles. The molecule has 15 heavy (non-hydrogen) atoms. The lowest BCUT2D eigenvalue weighted by Gasteiger charge is -2.07. The predicted octanol–water partition coefficient (Wildman–Crippen LogP) is 1.99. The molecule has 0 atom stereocenters. The summed E-state index contributed by atoms with van der Waals surface area (Å²) in [4.78, 5) is 13.4. The Morgan fingerprint density at radius 2 is 2.27 bits per heavy atom. The highest BCUT2D eigenvalue weighted by atomic mass is 127. The van der Waals surface area contributed by atoms with E-state index >= 15 is 0 Å². The minimum atomic E-state index is -2.81. The average Bonchev–Trinajstić information content (AvgIpc) is 2.15. The molecule has 1 rings (SSSR count). The minimum Gasteiger partial charge on any atom is -0.326 e. The number of hydrogen-bond acceptors (Lipinski definition) is 4. The monoisotopic (exact) mass is 329 g/mol. The van der Waals surface area contributed by atoms with Crippen molar-refractivity contribution < 1.29 is 13.7 Å². The zero-order valence-corrected chi connectivity index (χ0v) is 9.44. The van der Waals surface area contributed by atoms with Crippen LogP contribution in [0.4, 0.5) is 14.5 Å². The fraction of sp³-hybridized carbons (Fsp3) is 0.286.